The summed E-state index contributed by atoms with van der Waals surface area (Å²) < 4.78 is 16.0. The molecule has 0 spiro atoms. The van der Waals surface area contributed by atoms with Crippen LogP contribution in [0.25, 0.3) is 0 Å². The molecule has 8 nitrogen and oxygen atoms in total. The van der Waals surface area contributed by atoms with E-state index in [0.717, 1.165) is 11.3 Å². The zero-order valence-corrected chi connectivity index (χ0v) is 15.0. The van der Waals surface area contributed by atoms with Crippen molar-refractivity contribution in [3.8, 4) is 29.2 Å². The van der Waals surface area contributed by atoms with E-state index in [0.29, 0.717) is 11.4 Å². The first-order chi connectivity index (χ1) is 12.4. The Kier molecular flexibility index (Phi) is 4.38. The van der Waals surface area contributed by atoms with Crippen LogP contribution in [0.15, 0.2) is 23.6 Å². The first-order valence-electron chi connectivity index (χ1n) is 8.03. The number of ether oxygens (including phenoxy) is 3. The average Bonchev–Trinajstić information content (AvgIpc) is 3.04. The summed E-state index contributed by atoms with van der Waals surface area (Å²) in [6.45, 7) is 4.02. The van der Waals surface area contributed by atoms with Gasteiger partial charge in [-0.3, -0.25) is 5.10 Å². The lowest BCUT2D eigenvalue weighted by Crippen LogP contribution is -2.21. The molecule has 0 fully saturated rings. The van der Waals surface area contributed by atoms with Crippen molar-refractivity contribution in [3.63, 3.8) is 0 Å². The van der Waals surface area contributed by atoms with E-state index >= 15 is 0 Å². The third-order valence-electron chi connectivity index (χ3n) is 4.38. The lowest BCUT2D eigenvalue weighted by atomic mass is 9.82. The standard InChI is InChI=1S/C18H20N4O4/c1-8(2)15-14-13(10(7-19)17(20)26-18(14)22-21-15)9-5-11(24-3)16(23)12(6-9)25-4/h5-6,8,13,23H,20H2,1-4H3,(H,21,22). The Morgan fingerprint density at radius 3 is 2.42 bits per heavy atom. The Hall–Kier alpha value is -3.34. The molecule has 4 N–H and O–H groups in total. The number of aromatic hydroxyl groups is 1. The lowest BCUT2D eigenvalue weighted by Gasteiger charge is -2.25. The number of hydrogen-bond acceptors (Lipinski definition) is 7. The number of H-pyrrole nitrogens is 1. The van der Waals surface area contributed by atoms with Gasteiger partial charge in [0.25, 0.3) is 0 Å². The molecule has 8 heteroatoms. The summed E-state index contributed by atoms with van der Waals surface area (Å²) in [6, 6.07) is 5.44. The maximum Gasteiger partial charge on any atom is 0.244 e. The molecule has 0 saturated carbocycles. The highest BCUT2D eigenvalue weighted by molar-refractivity contribution is 5.61. The molecule has 0 amide bonds. The zero-order chi connectivity index (χ0) is 19.0. The highest BCUT2D eigenvalue weighted by Crippen LogP contribution is 2.48. The Morgan fingerprint density at radius 1 is 1.31 bits per heavy atom. The zero-order valence-electron chi connectivity index (χ0n) is 15.0. The molecular weight excluding hydrogens is 336 g/mol. The van der Waals surface area contributed by atoms with E-state index < -0.39 is 5.92 Å². The molecule has 0 bridgehead atoms. The Morgan fingerprint density at radius 2 is 1.92 bits per heavy atom. The van der Waals surface area contributed by atoms with Gasteiger partial charge in [-0.1, -0.05) is 13.8 Å². The fourth-order valence-electron chi connectivity index (χ4n) is 3.12. The molecule has 0 saturated heterocycles. The van der Waals surface area contributed by atoms with Gasteiger partial charge in [-0.15, -0.1) is 5.10 Å². The van der Waals surface area contributed by atoms with Crippen LogP contribution in [0.4, 0.5) is 0 Å². The Balaban J connectivity index is 2.30. The SMILES string of the molecule is COc1cc(C2C(C#N)=C(N)Oc3n[nH]c(C(C)C)c32)cc(OC)c1O. The molecule has 0 aliphatic carbocycles. The number of nitrogens with two attached hydrogens (primary N) is 1. The van der Waals surface area contributed by atoms with E-state index in [1.54, 1.807) is 12.1 Å². The van der Waals surface area contributed by atoms with E-state index in [9.17, 15) is 10.4 Å². The number of benzene rings is 1. The van der Waals surface area contributed by atoms with Crippen molar-refractivity contribution < 1.29 is 19.3 Å². The fourth-order valence-corrected chi connectivity index (χ4v) is 3.12. The molecule has 1 aliphatic rings. The summed E-state index contributed by atoms with van der Waals surface area (Å²) in [5.74, 6) is 0.285. The van der Waals surface area contributed by atoms with Gasteiger partial charge in [-0.2, -0.15) is 5.26 Å². The number of phenols is 1. The predicted molar refractivity (Wildman–Crippen MR) is 93.2 cm³/mol. The number of aromatic nitrogens is 2. The number of phenolic OH excluding ortho intramolecular Hbond substituents is 1. The van der Waals surface area contributed by atoms with Crippen LogP contribution in [0.5, 0.6) is 23.1 Å². The summed E-state index contributed by atoms with van der Waals surface area (Å²) in [5.41, 5.74) is 8.47. The topological polar surface area (TPSA) is 126 Å². The molecular formula is C18H20N4O4. The molecule has 1 aliphatic heterocycles. The summed E-state index contributed by atoms with van der Waals surface area (Å²) in [6.07, 6.45) is 0. The number of hydrogen-bond donors (Lipinski definition) is 3. The largest absolute Gasteiger partial charge is 0.502 e. The molecule has 26 heavy (non-hydrogen) atoms. The summed E-state index contributed by atoms with van der Waals surface area (Å²) in [5, 5.41) is 27.0. The second-order valence-electron chi connectivity index (χ2n) is 6.21. The lowest BCUT2D eigenvalue weighted by molar-refractivity contribution is 0.338. The van der Waals surface area contributed by atoms with Gasteiger partial charge in [0.2, 0.25) is 17.5 Å². The van der Waals surface area contributed by atoms with E-state index in [1.165, 1.54) is 14.2 Å². The minimum absolute atomic E-state index is 0.00202. The van der Waals surface area contributed by atoms with Crippen LogP contribution in [0.3, 0.4) is 0 Å². The summed E-state index contributed by atoms with van der Waals surface area (Å²) in [7, 11) is 2.89. The molecule has 3 rings (SSSR count). The maximum atomic E-state index is 10.2. The average molecular weight is 356 g/mol. The van der Waals surface area contributed by atoms with Crippen molar-refractivity contribution >= 4 is 0 Å². The van der Waals surface area contributed by atoms with Gasteiger partial charge in [-0.05, 0) is 23.6 Å². The number of rotatable bonds is 4. The normalized spacial score (nSPS) is 16.1. The molecule has 2 heterocycles. The van der Waals surface area contributed by atoms with Gasteiger partial charge in [0, 0.05) is 5.69 Å². The van der Waals surface area contributed by atoms with Gasteiger partial charge in [0.15, 0.2) is 11.5 Å². The van der Waals surface area contributed by atoms with Crippen LogP contribution in [-0.2, 0) is 0 Å². The molecule has 0 radical (unpaired) electrons. The predicted octanol–water partition coefficient (Wildman–Crippen LogP) is 2.47. The number of aromatic amines is 1. The first kappa shape index (κ1) is 17.5. The van der Waals surface area contributed by atoms with Crippen LogP contribution in [0.1, 0.15) is 42.5 Å². The minimum atomic E-state index is -0.525. The Bertz CT molecular complexity index is 899. The third kappa shape index (κ3) is 2.58. The number of methoxy groups -OCH3 is 2. The third-order valence-corrected chi connectivity index (χ3v) is 4.38. The van der Waals surface area contributed by atoms with Crippen molar-refractivity contribution in [1.82, 2.24) is 10.2 Å². The number of nitrogens with one attached hydrogen (secondary N) is 1. The van der Waals surface area contributed by atoms with Gasteiger partial charge < -0.3 is 25.1 Å². The van der Waals surface area contributed by atoms with Crippen molar-refractivity contribution in [2.24, 2.45) is 5.73 Å². The van der Waals surface area contributed by atoms with E-state index in [1.807, 2.05) is 13.8 Å². The highest BCUT2D eigenvalue weighted by Gasteiger charge is 2.36. The molecule has 1 aromatic carbocycles. The van der Waals surface area contributed by atoms with Crippen LogP contribution in [0, 0.1) is 11.3 Å². The first-order valence-corrected chi connectivity index (χ1v) is 8.03. The van der Waals surface area contributed by atoms with Crippen molar-refractivity contribution in [2.75, 3.05) is 14.2 Å². The van der Waals surface area contributed by atoms with Crippen molar-refractivity contribution in [1.29, 1.82) is 5.26 Å². The summed E-state index contributed by atoms with van der Waals surface area (Å²) in [4.78, 5) is 0. The molecule has 1 aromatic heterocycles. The van der Waals surface area contributed by atoms with Crippen LogP contribution in [-0.4, -0.2) is 29.5 Å². The number of nitrogens with zero attached hydrogens (tertiary/aromatic N) is 2. The molecule has 136 valence electrons. The monoisotopic (exact) mass is 356 g/mol. The van der Waals surface area contributed by atoms with Crippen LogP contribution >= 0.6 is 0 Å². The van der Waals surface area contributed by atoms with Crippen LogP contribution < -0.4 is 19.9 Å². The second-order valence-corrected chi connectivity index (χ2v) is 6.21. The van der Waals surface area contributed by atoms with Crippen LogP contribution in [0.2, 0.25) is 0 Å². The summed E-state index contributed by atoms with van der Waals surface area (Å²) >= 11 is 0. The van der Waals surface area contributed by atoms with E-state index in [2.05, 4.69) is 16.3 Å². The fraction of sp³-hybridized carbons (Fsp3) is 0.333. The quantitative estimate of drug-likeness (QED) is 0.768. The number of nitriles is 1. The Labute approximate surface area is 150 Å². The highest BCUT2D eigenvalue weighted by atomic mass is 16.5. The van der Waals surface area contributed by atoms with Crippen molar-refractivity contribution in [2.45, 2.75) is 25.7 Å². The maximum absolute atomic E-state index is 10.2. The van der Waals surface area contributed by atoms with Gasteiger partial charge in [0.1, 0.15) is 11.6 Å². The molecule has 1 atom stereocenters. The second kappa shape index (κ2) is 6.52. The molecule has 2 aromatic rings. The minimum Gasteiger partial charge on any atom is -0.502 e. The van der Waals surface area contributed by atoms with E-state index in [-0.39, 0.29) is 34.6 Å². The molecule has 1 unspecified atom stereocenters. The number of allylic oxidation sites excluding steroid dienone is 1. The van der Waals surface area contributed by atoms with Gasteiger partial charge >= 0.3 is 0 Å². The van der Waals surface area contributed by atoms with E-state index in [4.69, 9.17) is 19.9 Å². The van der Waals surface area contributed by atoms with Crippen molar-refractivity contribution in [3.05, 3.63) is 40.4 Å². The number of fused-ring (bicyclic) bond motifs is 1. The van der Waals surface area contributed by atoms with Gasteiger partial charge in [-0.25, -0.2) is 0 Å². The smallest absolute Gasteiger partial charge is 0.244 e. The van der Waals surface area contributed by atoms with Gasteiger partial charge in [0.05, 0.1) is 25.7 Å².